The molecule has 3 N–H and O–H groups in total. The molecule has 0 aromatic heterocycles. The van der Waals surface area contributed by atoms with Gasteiger partial charge in [-0.05, 0) is 55.0 Å². The van der Waals surface area contributed by atoms with Gasteiger partial charge in [0.25, 0.3) is 0 Å². The Hall–Kier alpha value is -1.58. The summed E-state index contributed by atoms with van der Waals surface area (Å²) >= 11 is 0. The maximum atomic E-state index is 9.47. The zero-order valence-corrected chi connectivity index (χ0v) is 15.8. The topological polar surface area (TPSA) is 55.5 Å². The Labute approximate surface area is 152 Å². The maximum Gasteiger partial charge on any atom is 0.119 e. The lowest BCUT2D eigenvalue weighted by atomic mass is 9.88. The third-order valence-corrected chi connectivity index (χ3v) is 4.67. The van der Waals surface area contributed by atoms with Gasteiger partial charge >= 0.3 is 0 Å². The van der Waals surface area contributed by atoms with E-state index in [-0.39, 0.29) is 6.61 Å². The van der Waals surface area contributed by atoms with E-state index in [2.05, 4.69) is 43.4 Å². The molecule has 25 heavy (non-hydrogen) atoms. The van der Waals surface area contributed by atoms with Crippen molar-refractivity contribution in [1.29, 1.82) is 0 Å². The SMILES string of the molecule is CCCCCCCOc1ccc2c(c1)CC=CC=C2C[C@@](C)(N)CO. The number of allylic oxidation sites excluding steroid dienone is 3. The van der Waals surface area contributed by atoms with Gasteiger partial charge in [-0.2, -0.15) is 0 Å². The minimum atomic E-state index is -0.602. The predicted octanol–water partition coefficient (Wildman–Crippen LogP) is 4.63. The van der Waals surface area contributed by atoms with Crippen LogP contribution in [-0.2, 0) is 6.42 Å². The summed E-state index contributed by atoms with van der Waals surface area (Å²) in [7, 11) is 0. The second-order valence-electron chi connectivity index (χ2n) is 7.39. The summed E-state index contributed by atoms with van der Waals surface area (Å²) in [4.78, 5) is 0. The largest absolute Gasteiger partial charge is 0.494 e. The normalized spacial score (nSPS) is 15.9. The van der Waals surface area contributed by atoms with Gasteiger partial charge in [-0.1, -0.05) is 56.9 Å². The molecular formula is C22H33NO2. The van der Waals surface area contributed by atoms with Crippen LogP contribution in [0.3, 0.4) is 0 Å². The molecule has 0 heterocycles. The average Bonchev–Trinajstić information content (AvgIpc) is 2.79. The molecule has 0 saturated heterocycles. The molecule has 0 radical (unpaired) electrons. The van der Waals surface area contributed by atoms with Crippen molar-refractivity contribution < 1.29 is 9.84 Å². The number of ether oxygens (including phenoxy) is 1. The fourth-order valence-corrected chi connectivity index (χ4v) is 3.15. The van der Waals surface area contributed by atoms with Crippen LogP contribution < -0.4 is 10.5 Å². The highest BCUT2D eigenvalue weighted by Crippen LogP contribution is 2.31. The highest BCUT2D eigenvalue weighted by Gasteiger charge is 2.21. The number of benzene rings is 1. The number of rotatable bonds is 10. The lowest BCUT2D eigenvalue weighted by molar-refractivity contribution is 0.212. The first-order valence-corrected chi connectivity index (χ1v) is 9.57. The van der Waals surface area contributed by atoms with Crippen molar-refractivity contribution in [2.45, 2.75) is 64.3 Å². The van der Waals surface area contributed by atoms with E-state index in [1.54, 1.807) is 0 Å². The molecule has 0 aliphatic heterocycles. The van der Waals surface area contributed by atoms with E-state index in [4.69, 9.17) is 10.5 Å². The summed E-state index contributed by atoms with van der Waals surface area (Å²) in [6.45, 7) is 4.88. The van der Waals surface area contributed by atoms with E-state index >= 15 is 0 Å². The minimum Gasteiger partial charge on any atom is -0.494 e. The van der Waals surface area contributed by atoms with Crippen LogP contribution >= 0.6 is 0 Å². The fraction of sp³-hybridized carbons (Fsp3) is 0.545. The molecule has 138 valence electrons. The molecule has 2 rings (SSSR count). The number of aliphatic hydroxyl groups excluding tert-OH is 1. The van der Waals surface area contributed by atoms with Crippen molar-refractivity contribution in [3.63, 3.8) is 0 Å². The van der Waals surface area contributed by atoms with Crippen LogP contribution in [0.15, 0.2) is 36.4 Å². The third-order valence-electron chi connectivity index (χ3n) is 4.67. The Morgan fingerprint density at radius 2 is 2.00 bits per heavy atom. The van der Waals surface area contributed by atoms with Crippen LogP contribution in [0.4, 0.5) is 0 Å². The Morgan fingerprint density at radius 1 is 1.20 bits per heavy atom. The summed E-state index contributed by atoms with van der Waals surface area (Å²) in [5.41, 5.74) is 9.21. The van der Waals surface area contributed by atoms with Gasteiger partial charge in [0.15, 0.2) is 0 Å². The van der Waals surface area contributed by atoms with Gasteiger partial charge in [0.1, 0.15) is 5.75 Å². The van der Waals surface area contributed by atoms with E-state index in [0.29, 0.717) is 6.42 Å². The second kappa shape index (κ2) is 9.79. The molecular weight excluding hydrogens is 310 g/mol. The number of aliphatic hydroxyl groups is 1. The molecule has 1 aromatic carbocycles. The summed E-state index contributed by atoms with van der Waals surface area (Å²) < 4.78 is 5.94. The monoisotopic (exact) mass is 343 g/mol. The van der Waals surface area contributed by atoms with Gasteiger partial charge in [0.2, 0.25) is 0 Å². The molecule has 0 bridgehead atoms. The Kier molecular flexibility index (Phi) is 7.73. The lowest BCUT2D eigenvalue weighted by Gasteiger charge is -2.24. The van der Waals surface area contributed by atoms with Crippen LogP contribution in [0.5, 0.6) is 5.75 Å². The number of fused-ring (bicyclic) bond motifs is 1. The predicted molar refractivity (Wildman–Crippen MR) is 106 cm³/mol. The first-order chi connectivity index (χ1) is 12.1. The average molecular weight is 344 g/mol. The number of nitrogens with two attached hydrogens (primary N) is 1. The van der Waals surface area contributed by atoms with Crippen molar-refractivity contribution in [1.82, 2.24) is 0 Å². The smallest absolute Gasteiger partial charge is 0.119 e. The second-order valence-corrected chi connectivity index (χ2v) is 7.39. The van der Waals surface area contributed by atoms with Gasteiger partial charge < -0.3 is 15.6 Å². The van der Waals surface area contributed by atoms with Crippen molar-refractivity contribution >= 4 is 5.57 Å². The van der Waals surface area contributed by atoms with Crippen LogP contribution in [0, 0.1) is 0 Å². The third kappa shape index (κ3) is 6.33. The standard InChI is InChI=1S/C22H33NO2/c1-3-4-5-6-9-14-25-20-12-13-21-18(15-20)10-7-8-11-19(21)16-22(2,23)17-24/h7-8,11-13,15,24H,3-6,9-10,14,16-17,23H2,1-2H3/t22-/m1/s1. The molecule has 0 fully saturated rings. The summed E-state index contributed by atoms with van der Waals surface area (Å²) in [5, 5.41) is 9.47. The molecule has 0 spiro atoms. The van der Waals surface area contributed by atoms with E-state index in [1.807, 2.05) is 6.92 Å². The molecule has 3 heteroatoms. The lowest BCUT2D eigenvalue weighted by Crippen LogP contribution is -2.40. The molecule has 0 saturated carbocycles. The molecule has 0 amide bonds. The Morgan fingerprint density at radius 3 is 2.76 bits per heavy atom. The van der Waals surface area contributed by atoms with Crippen molar-refractivity contribution in [3.05, 3.63) is 47.6 Å². The van der Waals surface area contributed by atoms with Gasteiger partial charge in [-0.25, -0.2) is 0 Å². The molecule has 1 atom stereocenters. The molecule has 1 aliphatic carbocycles. The van der Waals surface area contributed by atoms with Crippen LogP contribution in [0.25, 0.3) is 5.57 Å². The Balaban J connectivity index is 2.00. The van der Waals surface area contributed by atoms with Crippen molar-refractivity contribution in [3.8, 4) is 5.75 Å². The quantitative estimate of drug-likeness (QED) is 0.609. The van der Waals surface area contributed by atoms with Gasteiger partial charge in [0.05, 0.1) is 13.2 Å². The molecule has 1 aromatic rings. The minimum absolute atomic E-state index is 0.0252. The fourth-order valence-electron chi connectivity index (χ4n) is 3.15. The van der Waals surface area contributed by atoms with E-state index in [9.17, 15) is 5.11 Å². The zero-order valence-electron chi connectivity index (χ0n) is 15.8. The van der Waals surface area contributed by atoms with Crippen LogP contribution in [0.2, 0.25) is 0 Å². The summed E-state index contributed by atoms with van der Waals surface area (Å²) in [6.07, 6.45) is 14.1. The van der Waals surface area contributed by atoms with Gasteiger partial charge in [-0.15, -0.1) is 0 Å². The van der Waals surface area contributed by atoms with Gasteiger partial charge in [0, 0.05) is 5.54 Å². The first kappa shape index (κ1) is 19.7. The number of hydrogen-bond acceptors (Lipinski definition) is 3. The number of unbranched alkanes of at least 4 members (excludes halogenated alkanes) is 4. The van der Waals surface area contributed by atoms with E-state index in [0.717, 1.165) is 25.2 Å². The molecule has 1 aliphatic rings. The van der Waals surface area contributed by atoms with Crippen molar-refractivity contribution in [2.24, 2.45) is 5.73 Å². The first-order valence-electron chi connectivity index (χ1n) is 9.57. The van der Waals surface area contributed by atoms with E-state index in [1.165, 1.54) is 42.4 Å². The van der Waals surface area contributed by atoms with Crippen LogP contribution in [0.1, 0.15) is 63.5 Å². The van der Waals surface area contributed by atoms with E-state index < -0.39 is 5.54 Å². The zero-order chi connectivity index (χ0) is 18.1. The van der Waals surface area contributed by atoms with Crippen LogP contribution in [-0.4, -0.2) is 23.9 Å². The number of hydrogen-bond donors (Lipinski definition) is 2. The summed E-state index contributed by atoms with van der Waals surface area (Å²) in [6, 6.07) is 6.34. The maximum absolute atomic E-state index is 9.47. The summed E-state index contributed by atoms with van der Waals surface area (Å²) in [5.74, 6) is 0.946. The molecule has 0 unspecified atom stereocenters. The van der Waals surface area contributed by atoms with Crippen molar-refractivity contribution in [2.75, 3.05) is 13.2 Å². The molecule has 3 nitrogen and oxygen atoms in total. The highest BCUT2D eigenvalue weighted by atomic mass is 16.5. The highest BCUT2D eigenvalue weighted by molar-refractivity contribution is 5.72. The van der Waals surface area contributed by atoms with Gasteiger partial charge in [-0.3, -0.25) is 0 Å². The Bertz CT molecular complexity index is 602.